The average molecular weight is 249 g/mol. The molecule has 0 radical (unpaired) electrons. The molecular formula is C12H15N3OS. The first kappa shape index (κ1) is 12.0. The Hall–Kier alpha value is -1.49. The van der Waals surface area contributed by atoms with Crippen LogP contribution in [0.5, 0.6) is 0 Å². The van der Waals surface area contributed by atoms with Gasteiger partial charge in [-0.05, 0) is 20.8 Å². The molecule has 5 heteroatoms. The molecule has 0 fully saturated rings. The van der Waals surface area contributed by atoms with Crippen molar-refractivity contribution in [1.82, 2.24) is 14.8 Å². The first-order chi connectivity index (χ1) is 8.13. The Morgan fingerprint density at radius 1 is 1.35 bits per heavy atom. The molecule has 17 heavy (non-hydrogen) atoms. The van der Waals surface area contributed by atoms with E-state index in [1.54, 1.807) is 11.3 Å². The Bertz CT molecular complexity index is 542. The number of aromatic nitrogens is 3. The molecule has 2 heterocycles. The summed E-state index contributed by atoms with van der Waals surface area (Å²) in [5.74, 6) is 0. The largest absolute Gasteiger partial charge is 0.298 e. The zero-order valence-corrected chi connectivity index (χ0v) is 11.0. The second kappa shape index (κ2) is 4.79. The van der Waals surface area contributed by atoms with Gasteiger partial charge in [-0.25, -0.2) is 4.98 Å². The minimum absolute atomic E-state index is 0.714. The van der Waals surface area contributed by atoms with Gasteiger partial charge in [0.15, 0.2) is 6.29 Å². The summed E-state index contributed by atoms with van der Waals surface area (Å²) < 4.78 is 1.90. The molecule has 0 aliphatic heterocycles. The lowest BCUT2D eigenvalue weighted by Gasteiger charge is -2.03. The topological polar surface area (TPSA) is 47.8 Å². The van der Waals surface area contributed by atoms with Crippen LogP contribution >= 0.6 is 11.3 Å². The van der Waals surface area contributed by atoms with Gasteiger partial charge in [-0.15, -0.1) is 11.3 Å². The standard InChI is InChI=1S/C12H15N3OS/c1-8-11(6-16)10(3)15(14-8)5-4-12-9(2)13-7-17-12/h6-7H,4-5H2,1-3H3. The van der Waals surface area contributed by atoms with E-state index in [1.807, 2.05) is 31.0 Å². The summed E-state index contributed by atoms with van der Waals surface area (Å²) in [4.78, 5) is 16.4. The molecule has 0 amide bonds. The zero-order valence-electron chi connectivity index (χ0n) is 10.2. The van der Waals surface area contributed by atoms with Crippen LogP contribution in [0.25, 0.3) is 0 Å². The highest BCUT2D eigenvalue weighted by Gasteiger charge is 2.11. The SMILES string of the molecule is Cc1ncsc1CCn1nc(C)c(C=O)c1C. The number of carbonyl (C=O) groups excluding carboxylic acids is 1. The van der Waals surface area contributed by atoms with Gasteiger partial charge in [-0.2, -0.15) is 5.10 Å². The Morgan fingerprint density at radius 2 is 2.12 bits per heavy atom. The smallest absolute Gasteiger partial charge is 0.153 e. The van der Waals surface area contributed by atoms with E-state index in [-0.39, 0.29) is 0 Å². The lowest BCUT2D eigenvalue weighted by atomic mass is 10.2. The summed E-state index contributed by atoms with van der Waals surface area (Å²) in [6.45, 7) is 6.61. The highest BCUT2D eigenvalue weighted by Crippen LogP contribution is 2.15. The monoisotopic (exact) mass is 249 g/mol. The van der Waals surface area contributed by atoms with Crippen molar-refractivity contribution in [3.8, 4) is 0 Å². The van der Waals surface area contributed by atoms with Crippen molar-refractivity contribution >= 4 is 17.6 Å². The number of hydrogen-bond acceptors (Lipinski definition) is 4. The molecule has 0 saturated heterocycles. The number of thiazole rings is 1. The minimum atomic E-state index is 0.714. The molecule has 2 aromatic heterocycles. The van der Waals surface area contributed by atoms with E-state index in [0.717, 1.165) is 36.3 Å². The average Bonchev–Trinajstić information content (AvgIpc) is 2.81. The summed E-state index contributed by atoms with van der Waals surface area (Å²) in [7, 11) is 0. The Balaban J connectivity index is 2.15. The van der Waals surface area contributed by atoms with E-state index < -0.39 is 0 Å². The summed E-state index contributed by atoms with van der Waals surface area (Å²) >= 11 is 1.67. The number of rotatable bonds is 4. The summed E-state index contributed by atoms with van der Waals surface area (Å²) in [5, 5.41) is 4.38. The number of nitrogens with zero attached hydrogens (tertiary/aromatic N) is 3. The molecule has 2 rings (SSSR count). The fraction of sp³-hybridized carbons (Fsp3) is 0.417. The molecular weight excluding hydrogens is 234 g/mol. The second-order valence-corrected chi connectivity index (χ2v) is 4.98. The normalized spacial score (nSPS) is 10.8. The fourth-order valence-corrected chi connectivity index (χ4v) is 2.64. The van der Waals surface area contributed by atoms with Gasteiger partial charge >= 0.3 is 0 Å². The maximum absolute atomic E-state index is 10.9. The van der Waals surface area contributed by atoms with Crippen LogP contribution in [0.1, 0.15) is 32.3 Å². The van der Waals surface area contributed by atoms with Gasteiger partial charge in [0.05, 0.1) is 22.5 Å². The molecule has 0 saturated carbocycles. The van der Waals surface area contributed by atoms with E-state index >= 15 is 0 Å². The van der Waals surface area contributed by atoms with Gasteiger partial charge in [0.25, 0.3) is 0 Å². The van der Waals surface area contributed by atoms with Gasteiger partial charge < -0.3 is 0 Å². The first-order valence-corrected chi connectivity index (χ1v) is 6.39. The maximum Gasteiger partial charge on any atom is 0.153 e. The van der Waals surface area contributed by atoms with Crippen LogP contribution in [0.2, 0.25) is 0 Å². The van der Waals surface area contributed by atoms with Crippen molar-refractivity contribution in [3.05, 3.63) is 33.0 Å². The summed E-state index contributed by atoms with van der Waals surface area (Å²) in [6.07, 6.45) is 1.79. The van der Waals surface area contributed by atoms with E-state index in [4.69, 9.17) is 0 Å². The van der Waals surface area contributed by atoms with Crippen LogP contribution in [0.3, 0.4) is 0 Å². The van der Waals surface area contributed by atoms with Gasteiger partial charge in [-0.3, -0.25) is 9.48 Å². The maximum atomic E-state index is 10.9. The fourth-order valence-electron chi connectivity index (χ4n) is 1.87. The lowest BCUT2D eigenvalue weighted by Crippen LogP contribution is -2.05. The molecule has 0 bridgehead atoms. The molecule has 0 aromatic carbocycles. The van der Waals surface area contributed by atoms with Crippen LogP contribution < -0.4 is 0 Å². The zero-order chi connectivity index (χ0) is 12.4. The molecule has 90 valence electrons. The van der Waals surface area contributed by atoms with Crippen molar-refractivity contribution in [2.24, 2.45) is 0 Å². The van der Waals surface area contributed by atoms with Crippen molar-refractivity contribution < 1.29 is 4.79 Å². The van der Waals surface area contributed by atoms with Crippen LogP contribution in [-0.4, -0.2) is 21.1 Å². The minimum Gasteiger partial charge on any atom is -0.298 e. The summed E-state index contributed by atoms with van der Waals surface area (Å²) in [6, 6.07) is 0. The molecule has 0 N–H and O–H groups in total. The Morgan fingerprint density at radius 3 is 2.65 bits per heavy atom. The number of aryl methyl sites for hydroxylation is 4. The predicted molar refractivity (Wildman–Crippen MR) is 67.6 cm³/mol. The van der Waals surface area contributed by atoms with E-state index in [9.17, 15) is 4.79 Å². The number of hydrogen-bond donors (Lipinski definition) is 0. The third-order valence-corrected chi connectivity index (χ3v) is 3.95. The van der Waals surface area contributed by atoms with Gasteiger partial charge in [0.1, 0.15) is 0 Å². The second-order valence-electron chi connectivity index (χ2n) is 4.04. The van der Waals surface area contributed by atoms with Crippen LogP contribution in [-0.2, 0) is 13.0 Å². The van der Waals surface area contributed by atoms with E-state index in [0.29, 0.717) is 5.56 Å². The van der Waals surface area contributed by atoms with Gasteiger partial charge in [0, 0.05) is 23.5 Å². The van der Waals surface area contributed by atoms with Crippen LogP contribution in [0, 0.1) is 20.8 Å². The van der Waals surface area contributed by atoms with Crippen molar-refractivity contribution in [1.29, 1.82) is 0 Å². The van der Waals surface area contributed by atoms with E-state index in [1.165, 1.54) is 4.88 Å². The lowest BCUT2D eigenvalue weighted by molar-refractivity contribution is 0.112. The van der Waals surface area contributed by atoms with Crippen molar-refractivity contribution in [2.75, 3.05) is 0 Å². The predicted octanol–water partition coefficient (Wildman–Crippen LogP) is 2.32. The van der Waals surface area contributed by atoms with Gasteiger partial charge in [-0.1, -0.05) is 0 Å². The van der Waals surface area contributed by atoms with Crippen LogP contribution in [0.4, 0.5) is 0 Å². The molecule has 4 nitrogen and oxygen atoms in total. The highest BCUT2D eigenvalue weighted by atomic mass is 32.1. The highest BCUT2D eigenvalue weighted by molar-refractivity contribution is 7.09. The Kier molecular flexibility index (Phi) is 3.38. The van der Waals surface area contributed by atoms with Crippen molar-refractivity contribution in [3.63, 3.8) is 0 Å². The van der Waals surface area contributed by atoms with Gasteiger partial charge in [0.2, 0.25) is 0 Å². The van der Waals surface area contributed by atoms with Crippen molar-refractivity contribution in [2.45, 2.75) is 33.7 Å². The van der Waals surface area contributed by atoms with Crippen LogP contribution in [0.15, 0.2) is 5.51 Å². The molecule has 0 unspecified atom stereocenters. The third-order valence-electron chi connectivity index (χ3n) is 2.95. The third kappa shape index (κ3) is 2.29. The molecule has 0 aliphatic carbocycles. The van der Waals surface area contributed by atoms with E-state index in [2.05, 4.69) is 10.1 Å². The molecule has 0 atom stereocenters. The first-order valence-electron chi connectivity index (χ1n) is 5.51. The number of carbonyl (C=O) groups is 1. The molecule has 2 aromatic rings. The molecule has 0 aliphatic rings. The Labute approximate surface area is 104 Å². The summed E-state index contributed by atoms with van der Waals surface area (Å²) in [5.41, 5.74) is 5.42. The molecule has 0 spiro atoms. The quantitative estimate of drug-likeness (QED) is 0.781. The number of aldehydes is 1.